The molecule has 0 amide bonds. The molecule has 8 heteroatoms. The number of halogens is 4. The molecule has 0 aromatic heterocycles. The maximum absolute atomic E-state index is 3.52. The second-order valence-electron chi connectivity index (χ2n) is 7.24. The molecule has 2 aromatic carbocycles. The van der Waals surface area contributed by atoms with E-state index in [0.29, 0.717) is 0 Å². The molecule has 0 aliphatic rings. The summed E-state index contributed by atoms with van der Waals surface area (Å²) in [7, 11) is 0. The third kappa shape index (κ3) is 20.1. The van der Waals surface area contributed by atoms with Crippen LogP contribution < -0.4 is 21.3 Å². The van der Waals surface area contributed by atoms with E-state index in [0.717, 1.165) is 52.4 Å². The van der Waals surface area contributed by atoms with Crippen LogP contribution in [0.15, 0.2) is 60.7 Å². The van der Waals surface area contributed by atoms with E-state index < -0.39 is 0 Å². The Bertz CT molecular complexity index is 538. The van der Waals surface area contributed by atoms with Crippen molar-refractivity contribution in [2.45, 2.75) is 38.8 Å². The molecule has 186 valence electrons. The molecule has 0 heterocycles. The highest BCUT2D eigenvalue weighted by atomic mass is 35.5. The fourth-order valence-electron chi connectivity index (χ4n) is 3.11. The highest BCUT2D eigenvalue weighted by Gasteiger charge is 1.94. The SMILES string of the molecule is Cl.Cl.Cl.Cl.c1ccc(CNCCNCCCCCCNCCNCc2ccccc2)cc1. The lowest BCUT2D eigenvalue weighted by Gasteiger charge is -2.08. The standard InChI is InChI=1S/C24H38N4.4ClH/c1(9-15-25-17-19-27-21-23-11-5-3-6-12-23)2-10-16-26-18-20-28-22-24-13-7-4-8-14-24;;;;/h3-8,11-14,25-28H,1-2,9-10,15-22H2;4*1H. The molecule has 32 heavy (non-hydrogen) atoms. The molecule has 0 atom stereocenters. The minimum Gasteiger partial charge on any atom is -0.315 e. The summed E-state index contributed by atoms with van der Waals surface area (Å²) >= 11 is 0. The lowest BCUT2D eigenvalue weighted by Crippen LogP contribution is -2.28. The molecule has 4 N–H and O–H groups in total. The minimum atomic E-state index is 0. The van der Waals surface area contributed by atoms with Crippen molar-refractivity contribution in [3.05, 3.63) is 71.8 Å². The number of nitrogens with one attached hydrogen (secondary N) is 4. The Morgan fingerprint density at radius 1 is 0.375 bits per heavy atom. The lowest BCUT2D eigenvalue weighted by atomic mass is 10.2. The Hall–Kier alpha value is -0.560. The molecule has 4 nitrogen and oxygen atoms in total. The van der Waals surface area contributed by atoms with Crippen LogP contribution in [0.4, 0.5) is 0 Å². The average molecular weight is 528 g/mol. The summed E-state index contributed by atoms with van der Waals surface area (Å²) in [6.45, 7) is 8.31. The number of unbranched alkanes of at least 4 members (excludes halogenated alkanes) is 3. The number of benzene rings is 2. The van der Waals surface area contributed by atoms with E-state index >= 15 is 0 Å². The highest BCUT2D eigenvalue weighted by molar-refractivity contribution is 5.86. The second-order valence-corrected chi connectivity index (χ2v) is 7.24. The van der Waals surface area contributed by atoms with Crippen molar-refractivity contribution in [2.75, 3.05) is 39.3 Å². The van der Waals surface area contributed by atoms with E-state index in [9.17, 15) is 0 Å². The van der Waals surface area contributed by atoms with Gasteiger partial charge in [0.15, 0.2) is 0 Å². The molecule has 0 saturated carbocycles. The van der Waals surface area contributed by atoms with Crippen LogP contribution in [-0.4, -0.2) is 39.3 Å². The predicted molar refractivity (Wildman–Crippen MR) is 149 cm³/mol. The Morgan fingerprint density at radius 2 is 0.719 bits per heavy atom. The van der Waals surface area contributed by atoms with Gasteiger partial charge in [-0.1, -0.05) is 73.5 Å². The molecule has 0 saturated heterocycles. The van der Waals surface area contributed by atoms with E-state index in [4.69, 9.17) is 0 Å². The quantitative estimate of drug-likeness (QED) is 0.219. The van der Waals surface area contributed by atoms with E-state index in [1.165, 1.54) is 36.8 Å². The molecule has 0 aliphatic heterocycles. The largest absolute Gasteiger partial charge is 0.315 e. The van der Waals surface area contributed by atoms with E-state index in [1.54, 1.807) is 0 Å². The average Bonchev–Trinajstić information content (AvgIpc) is 2.75. The van der Waals surface area contributed by atoms with Gasteiger partial charge in [0.25, 0.3) is 0 Å². The van der Waals surface area contributed by atoms with E-state index in [1.807, 2.05) is 0 Å². The van der Waals surface area contributed by atoms with Crippen molar-refractivity contribution >= 4 is 49.6 Å². The summed E-state index contributed by atoms with van der Waals surface area (Å²) in [6.07, 6.45) is 5.19. The summed E-state index contributed by atoms with van der Waals surface area (Å²) in [5, 5.41) is 14.0. The molecule has 0 spiro atoms. The van der Waals surface area contributed by atoms with Gasteiger partial charge in [-0.05, 0) is 37.1 Å². The maximum atomic E-state index is 3.52. The van der Waals surface area contributed by atoms with Gasteiger partial charge in [0, 0.05) is 39.3 Å². The minimum absolute atomic E-state index is 0. The fraction of sp³-hybridized carbons (Fsp3) is 0.500. The third-order valence-corrected chi connectivity index (χ3v) is 4.76. The summed E-state index contributed by atoms with van der Waals surface area (Å²) in [5.41, 5.74) is 2.70. The predicted octanol–water partition coefficient (Wildman–Crippen LogP) is 4.99. The first-order valence-corrected chi connectivity index (χ1v) is 10.9. The number of hydrogen-bond acceptors (Lipinski definition) is 4. The van der Waals surface area contributed by atoms with Crippen LogP contribution in [0.25, 0.3) is 0 Å². The molecule has 0 aliphatic carbocycles. The molecule has 0 radical (unpaired) electrons. The highest BCUT2D eigenvalue weighted by Crippen LogP contribution is 1.99. The van der Waals surface area contributed by atoms with Crippen LogP contribution in [0.3, 0.4) is 0 Å². The third-order valence-electron chi connectivity index (χ3n) is 4.76. The first kappa shape index (κ1) is 36.0. The topological polar surface area (TPSA) is 48.1 Å². The summed E-state index contributed by atoms with van der Waals surface area (Å²) in [5.74, 6) is 0. The van der Waals surface area contributed by atoms with Crippen molar-refractivity contribution in [1.29, 1.82) is 0 Å². The maximum Gasteiger partial charge on any atom is 0.0206 e. The molecular formula is C24H42Cl4N4. The van der Waals surface area contributed by atoms with Gasteiger partial charge in [-0.25, -0.2) is 0 Å². The zero-order valence-corrected chi connectivity index (χ0v) is 22.2. The molecule has 0 fully saturated rings. The zero-order valence-electron chi connectivity index (χ0n) is 18.9. The first-order valence-electron chi connectivity index (χ1n) is 10.9. The van der Waals surface area contributed by atoms with Gasteiger partial charge in [0.1, 0.15) is 0 Å². The molecule has 2 rings (SSSR count). The van der Waals surface area contributed by atoms with E-state index in [-0.39, 0.29) is 49.6 Å². The van der Waals surface area contributed by atoms with Gasteiger partial charge in [0.05, 0.1) is 0 Å². The van der Waals surface area contributed by atoms with Crippen molar-refractivity contribution in [2.24, 2.45) is 0 Å². The summed E-state index contributed by atoms with van der Waals surface area (Å²) < 4.78 is 0. The van der Waals surface area contributed by atoms with Crippen LogP contribution in [0, 0.1) is 0 Å². The molecular weight excluding hydrogens is 486 g/mol. The Kier molecular flexibility index (Phi) is 30.0. The first-order chi connectivity index (χ1) is 13.9. The zero-order chi connectivity index (χ0) is 19.5. The number of hydrogen-bond donors (Lipinski definition) is 4. The lowest BCUT2D eigenvalue weighted by molar-refractivity contribution is 0.545. The Balaban J connectivity index is -0.00000210. The normalized spacial score (nSPS) is 9.62. The van der Waals surface area contributed by atoms with Gasteiger partial charge < -0.3 is 21.3 Å². The van der Waals surface area contributed by atoms with Crippen molar-refractivity contribution < 1.29 is 0 Å². The smallest absolute Gasteiger partial charge is 0.0206 e. The van der Waals surface area contributed by atoms with Crippen molar-refractivity contribution in [1.82, 2.24) is 21.3 Å². The van der Waals surface area contributed by atoms with E-state index in [2.05, 4.69) is 81.9 Å². The Morgan fingerprint density at radius 3 is 1.09 bits per heavy atom. The van der Waals surface area contributed by atoms with Gasteiger partial charge in [-0.15, -0.1) is 49.6 Å². The second kappa shape index (κ2) is 26.7. The van der Waals surface area contributed by atoms with Gasteiger partial charge in [-0.3, -0.25) is 0 Å². The van der Waals surface area contributed by atoms with Gasteiger partial charge in [0.2, 0.25) is 0 Å². The van der Waals surface area contributed by atoms with Gasteiger partial charge in [-0.2, -0.15) is 0 Å². The summed E-state index contributed by atoms with van der Waals surface area (Å²) in [6, 6.07) is 21.1. The molecule has 2 aromatic rings. The van der Waals surface area contributed by atoms with Crippen LogP contribution in [0.2, 0.25) is 0 Å². The van der Waals surface area contributed by atoms with Crippen LogP contribution in [-0.2, 0) is 13.1 Å². The van der Waals surface area contributed by atoms with Crippen molar-refractivity contribution in [3.8, 4) is 0 Å². The van der Waals surface area contributed by atoms with Crippen LogP contribution in [0.5, 0.6) is 0 Å². The molecule has 0 bridgehead atoms. The summed E-state index contributed by atoms with van der Waals surface area (Å²) in [4.78, 5) is 0. The van der Waals surface area contributed by atoms with Crippen molar-refractivity contribution in [3.63, 3.8) is 0 Å². The van der Waals surface area contributed by atoms with Crippen LogP contribution >= 0.6 is 49.6 Å². The molecule has 0 unspecified atom stereocenters. The van der Waals surface area contributed by atoms with Crippen LogP contribution in [0.1, 0.15) is 36.8 Å². The fourth-order valence-corrected chi connectivity index (χ4v) is 3.11. The van der Waals surface area contributed by atoms with Gasteiger partial charge >= 0.3 is 0 Å². The number of rotatable bonds is 17. The Labute approximate surface area is 220 Å². The monoisotopic (exact) mass is 526 g/mol.